The average molecular weight is 474 g/mol. The quantitative estimate of drug-likeness (QED) is 0.573. The minimum absolute atomic E-state index is 0.0779. The van der Waals surface area contributed by atoms with Crippen LogP contribution in [-0.4, -0.2) is 24.4 Å². The molecule has 142 valence electrons. The molecule has 2 amide bonds. The van der Waals surface area contributed by atoms with Gasteiger partial charge in [0.1, 0.15) is 0 Å². The first-order chi connectivity index (χ1) is 12.8. The van der Waals surface area contributed by atoms with E-state index in [1.54, 1.807) is 42.5 Å². The van der Waals surface area contributed by atoms with Crippen LogP contribution in [0.4, 0.5) is 11.4 Å². The molecule has 2 rings (SSSR count). The van der Waals surface area contributed by atoms with Gasteiger partial charge in [-0.2, -0.15) is 0 Å². The number of carbonyl (C=O) groups is 3. The molecule has 0 aliphatic carbocycles. The van der Waals surface area contributed by atoms with Gasteiger partial charge >= 0.3 is 5.97 Å². The fourth-order valence-corrected chi connectivity index (χ4v) is 2.91. The highest BCUT2D eigenvalue weighted by molar-refractivity contribution is 9.10. The van der Waals surface area contributed by atoms with Crippen molar-refractivity contribution in [2.75, 3.05) is 17.2 Å². The predicted octanol–water partition coefficient (Wildman–Crippen LogP) is 4.66. The highest BCUT2D eigenvalue weighted by Gasteiger charge is 2.12. The Morgan fingerprint density at radius 2 is 1.74 bits per heavy atom. The largest absolute Gasteiger partial charge is 0.456 e. The number of carbonyl (C=O) groups excluding carboxylic acids is 3. The lowest BCUT2D eigenvalue weighted by molar-refractivity contribution is -0.147. The monoisotopic (exact) mass is 472 g/mol. The van der Waals surface area contributed by atoms with Crippen molar-refractivity contribution < 1.29 is 19.1 Å². The molecule has 0 fully saturated rings. The van der Waals surface area contributed by atoms with E-state index in [-0.39, 0.29) is 18.7 Å². The van der Waals surface area contributed by atoms with Gasteiger partial charge in [-0.05, 0) is 36.4 Å². The van der Waals surface area contributed by atoms with Crippen LogP contribution in [0.5, 0.6) is 0 Å². The van der Waals surface area contributed by atoms with Crippen LogP contribution in [0.1, 0.15) is 12.8 Å². The summed E-state index contributed by atoms with van der Waals surface area (Å²) in [6.07, 6.45) is -0.232. The van der Waals surface area contributed by atoms with E-state index < -0.39 is 18.5 Å². The zero-order valence-electron chi connectivity index (χ0n) is 13.9. The number of anilines is 2. The molecule has 0 aliphatic heterocycles. The molecule has 0 unspecified atom stereocenters. The minimum Gasteiger partial charge on any atom is -0.456 e. The van der Waals surface area contributed by atoms with Crippen molar-refractivity contribution in [2.45, 2.75) is 12.8 Å². The first-order valence-corrected chi connectivity index (χ1v) is 9.34. The van der Waals surface area contributed by atoms with Crippen LogP contribution < -0.4 is 10.6 Å². The summed E-state index contributed by atoms with van der Waals surface area (Å²) in [6.45, 7) is -0.471. The summed E-state index contributed by atoms with van der Waals surface area (Å²) >= 11 is 15.1. The summed E-state index contributed by atoms with van der Waals surface area (Å²) in [6, 6.07) is 11.6. The van der Waals surface area contributed by atoms with Crippen molar-refractivity contribution in [1.29, 1.82) is 0 Å². The summed E-state index contributed by atoms with van der Waals surface area (Å²) < 4.78 is 5.63. The second-order valence-corrected chi connectivity index (χ2v) is 7.15. The summed E-state index contributed by atoms with van der Waals surface area (Å²) in [5.74, 6) is -1.55. The molecule has 2 aromatic carbocycles. The highest BCUT2D eigenvalue weighted by atomic mass is 79.9. The molecule has 0 saturated carbocycles. The maximum atomic E-state index is 11.8. The van der Waals surface area contributed by atoms with E-state index in [0.29, 0.717) is 21.4 Å². The van der Waals surface area contributed by atoms with Gasteiger partial charge in [0.15, 0.2) is 6.61 Å². The Labute approximate surface area is 174 Å². The molecular weight excluding hydrogens is 459 g/mol. The van der Waals surface area contributed by atoms with Crippen molar-refractivity contribution in [3.63, 3.8) is 0 Å². The van der Waals surface area contributed by atoms with Crippen LogP contribution in [-0.2, 0) is 19.1 Å². The van der Waals surface area contributed by atoms with Gasteiger partial charge in [0.2, 0.25) is 5.91 Å². The van der Waals surface area contributed by atoms with E-state index in [1.807, 2.05) is 0 Å². The third kappa shape index (κ3) is 7.58. The molecule has 0 saturated heterocycles. The molecule has 2 aromatic rings. The number of esters is 1. The average Bonchev–Trinajstić information content (AvgIpc) is 2.60. The molecular formula is C18H15BrCl2N2O4. The highest BCUT2D eigenvalue weighted by Crippen LogP contribution is 2.25. The standard InChI is InChI=1S/C18H15BrCl2N2O4/c19-11-4-5-15(14(21)8-11)23-17(25)10-27-18(26)7-6-16(24)22-13-3-1-2-12(20)9-13/h1-5,8-9H,6-7,10H2,(H,22,24)(H,23,25). The Bertz CT molecular complexity index is 861. The maximum Gasteiger partial charge on any atom is 0.306 e. The van der Waals surface area contributed by atoms with E-state index in [4.69, 9.17) is 27.9 Å². The molecule has 0 atom stereocenters. The second kappa shape index (κ2) is 10.3. The number of ether oxygens (including phenoxy) is 1. The molecule has 9 heteroatoms. The van der Waals surface area contributed by atoms with E-state index in [2.05, 4.69) is 26.6 Å². The molecule has 0 bridgehead atoms. The SMILES string of the molecule is O=C(CCC(=O)OCC(=O)Nc1ccc(Br)cc1Cl)Nc1cccc(Cl)c1. The van der Waals surface area contributed by atoms with Crippen molar-refractivity contribution in [3.05, 3.63) is 57.0 Å². The van der Waals surface area contributed by atoms with E-state index >= 15 is 0 Å². The number of rotatable bonds is 7. The number of hydrogen-bond acceptors (Lipinski definition) is 4. The predicted molar refractivity (Wildman–Crippen MR) is 108 cm³/mol. The summed E-state index contributed by atoms with van der Waals surface area (Å²) in [5.41, 5.74) is 0.938. The van der Waals surface area contributed by atoms with Crippen LogP contribution in [0.25, 0.3) is 0 Å². The molecule has 0 aromatic heterocycles. The third-order valence-electron chi connectivity index (χ3n) is 3.23. The minimum atomic E-state index is -0.659. The fourth-order valence-electron chi connectivity index (χ4n) is 2.00. The van der Waals surface area contributed by atoms with Gasteiger partial charge in [-0.25, -0.2) is 0 Å². The Kier molecular flexibility index (Phi) is 8.09. The van der Waals surface area contributed by atoms with Gasteiger partial charge in [-0.1, -0.05) is 45.2 Å². The van der Waals surface area contributed by atoms with Gasteiger partial charge in [-0.15, -0.1) is 0 Å². The molecule has 0 radical (unpaired) electrons. The van der Waals surface area contributed by atoms with E-state index in [9.17, 15) is 14.4 Å². The van der Waals surface area contributed by atoms with Crippen molar-refractivity contribution in [1.82, 2.24) is 0 Å². The number of nitrogens with one attached hydrogen (secondary N) is 2. The number of benzene rings is 2. The Balaban J connectivity index is 1.70. The first kappa shape index (κ1) is 21.2. The van der Waals surface area contributed by atoms with Crippen molar-refractivity contribution in [2.24, 2.45) is 0 Å². The number of hydrogen-bond donors (Lipinski definition) is 2. The van der Waals surface area contributed by atoms with Gasteiger partial charge in [0.25, 0.3) is 5.91 Å². The smallest absolute Gasteiger partial charge is 0.306 e. The van der Waals surface area contributed by atoms with Crippen LogP contribution in [0.15, 0.2) is 46.9 Å². The summed E-state index contributed by atoms with van der Waals surface area (Å²) in [7, 11) is 0. The summed E-state index contributed by atoms with van der Waals surface area (Å²) in [5, 5.41) is 5.99. The molecule has 6 nitrogen and oxygen atoms in total. The third-order valence-corrected chi connectivity index (χ3v) is 4.28. The van der Waals surface area contributed by atoms with E-state index in [1.165, 1.54) is 0 Å². The lowest BCUT2D eigenvalue weighted by atomic mass is 10.2. The zero-order valence-corrected chi connectivity index (χ0v) is 17.0. The molecule has 0 heterocycles. The summed E-state index contributed by atoms with van der Waals surface area (Å²) in [4.78, 5) is 35.3. The topological polar surface area (TPSA) is 84.5 Å². The normalized spacial score (nSPS) is 10.2. The van der Waals surface area contributed by atoms with Gasteiger partial charge < -0.3 is 15.4 Å². The Morgan fingerprint density at radius 3 is 2.44 bits per heavy atom. The number of amides is 2. The molecule has 0 spiro atoms. The molecule has 27 heavy (non-hydrogen) atoms. The van der Waals surface area contributed by atoms with Gasteiger partial charge in [0, 0.05) is 21.6 Å². The number of halogens is 3. The molecule has 0 aliphatic rings. The van der Waals surface area contributed by atoms with Crippen LogP contribution in [0.2, 0.25) is 10.0 Å². The first-order valence-electron chi connectivity index (χ1n) is 7.79. The lowest BCUT2D eigenvalue weighted by Gasteiger charge is -2.08. The maximum absolute atomic E-state index is 11.8. The second-order valence-electron chi connectivity index (χ2n) is 5.39. The van der Waals surface area contributed by atoms with Crippen LogP contribution in [0, 0.1) is 0 Å². The lowest BCUT2D eigenvalue weighted by Crippen LogP contribution is -2.22. The molecule has 2 N–H and O–H groups in total. The van der Waals surface area contributed by atoms with Crippen LogP contribution >= 0.6 is 39.1 Å². The fraction of sp³-hybridized carbons (Fsp3) is 0.167. The Morgan fingerprint density at radius 1 is 0.963 bits per heavy atom. The van der Waals surface area contributed by atoms with Gasteiger partial charge in [-0.3, -0.25) is 14.4 Å². The van der Waals surface area contributed by atoms with E-state index in [0.717, 1.165) is 4.47 Å². The van der Waals surface area contributed by atoms with Crippen molar-refractivity contribution in [3.8, 4) is 0 Å². The zero-order chi connectivity index (χ0) is 19.8. The van der Waals surface area contributed by atoms with Gasteiger partial charge in [0.05, 0.1) is 17.1 Å². The van der Waals surface area contributed by atoms with Crippen molar-refractivity contribution >= 4 is 68.3 Å². The van der Waals surface area contributed by atoms with Crippen LogP contribution in [0.3, 0.4) is 0 Å². The Hall–Kier alpha value is -2.09.